The van der Waals surface area contributed by atoms with Gasteiger partial charge in [-0.1, -0.05) is 84.4 Å². The molecular weight excluding hydrogens is 540 g/mol. The molecule has 0 unspecified atom stereocenters. The monoisotopic (exact) mass is 576 g/mol. The molecule has 0 radical (unpaired) electrons. The van der Waals surface area contributed by atoms with Crippen LogP contribution < -0.4 is 0 Å². The van der Waals surface area contributed by atoms with Gasteiger partial charge in [0.2, 0.25) is 17.7 Å². The molecule has 6 rings (SSSR count). The Labute approximate surface area is 251 Å². The highest BCUT2D eigenvalue weighted by molar-refractivity contribution is 5.92. The third kappa shape index (κ3) is 5.81. The van der Waals surface area contributed by atoms with Gasteiger partial charge in [0.05, 0.1) is 24.8 Å². The van der Waals surface area contributed by atoms with E-state index in [-0.39, 0.29) is 37.2 Å². The van der Waals surface area contributed by atoms with Gasteiger partial charge < -0.3 is 9.80 Å². The zero-order valence-corrected chi connectivity index (χ0v) is 24.4. The normalized spacial score (nSPS) is 19.1. The van der Waals surface area contributed by atoms with Gasteiger partial charge in [0.25, 0.3) is 0 Å². The molecule has 2 aliphatic heterocycles. The Morgan fingerprint density at radius 2 is 1.84 bits per heavy atom. The maximum absolute atomic E-state index is 14.3. The molecule has 1 aromatic heterocycles. The van der Waals surface area contributed by atoms with Crippen molar-refractivity contribution in [2.75, 3.05) is 19.6 Å². The first-order valence-electron chi connectivity index (χ1n) is 14.7. The van der Waals surface area contributed by atoms with Crippen molar-refractivity contribution in [3.63, 3.8) is 0 Å². The Morgan fingerprint density at radius 3 is 2.63 bits per heavy atom. The van der Waals surface area contributed by atoms with Gasteiger partial charge in [-0.25, -0.2) is 10.0 Å². The second-order valence-corrected chi connectivity index (χ2v) is 11.3. The standard InChI is InChI=1S/C34H36N6O3/c1-3-17-38-23-32(42)39-29(19-26-12-7-9-24(2)18-26)34(43)37(21-28-14-8-13-27-20-35-36-33(27)28)22-30(39)40(38)31(41)16-15-25-10-5-4-6-11-25/h3-14,18,20,29-30H,1,15-17,19,21-23H2,2H3,(H,35,36)/t29-,30-/m0/s1. The Balaban J connectivity index is 1.37. The van der Waals surface area contributed by atoms with E-state index in [2.05, 4.69) is 16.8 Å². The van der Waals surface area contributed by atoms with E-state index in [1.165, 1.54) is 0 Å². The van der Waals surface area contributed by atoms with Crippen LogP contribution in [0.5, 0.6) is 0 Å². The lowest BCUT2D eigenvalue weighted by Crippen LogP contribution is -2.75. The summed E-state index contributed by atoms with van der Waals surface area (Å²) < 4.78 is 0. The van der Waals surface area contributed by atoms with Crippen molar-refractivity contribution < 1.29 is 14.4 Å². The molecule has 0 spiro atoms. The minimum atomic E-state index is -0.746. The van der Waals surface area contributed by atoms with E-state index in [1.807, 2.05) is 79.7 Å². The van der Waals surface area contributed by atoms with Crippen molar-refractivity contribution in [3.8, 4) is 0 Å². The number of H-pyrrole nitrogens is 1. The Kier molecular flexibility index (Phi) is 8.07. The Bertz CT molecular complexity index is 1650. The number of para-hydroxylation sites is 1. The first kappa shape index (κ1) is 28.4. The van der Waals surface area contributed by atoms with Gasteiger partial charge in [0, 0.05) is 31.3 Å². The van der Waals surface area contributed by atoms with E-state index in [1.54, 1.807) is 32.1 Å². The minimum absolute atomic E-state index is 0.00461. The summed E-state index contributed by atoms with van der Waals surface area (Å²) in [7, 11) is 0. The predicted octanol–water partition coefficient (Wildman–Crippen LogP) is 3.86. The van der Waals surface area contributed by atoms with Crippen molar-refractivity contribution >= 4 is 28.6 Å². The van der Waals surface area contributed by atoms with Crippen LogP contribution in [0.25, 0.3) is 10.9 Å². The summed E-state index contributed by atoms with van der Waals surface area (Å²) in [5, 5.41) is 11.7. The average Bonchev–Trinajstić information content (AvgIpc) is 3.49. The molecule has 2 aliphatic rings. The van der Waals surface area contributed by atoms with Crippen LogP contribution in [0.1, 0.15) is 28.7 Å². The number of aromatic nitrogens is 2. The van der Waals surface area contributed by atoms with E-state index in [4.69, 9.17) is 0 Å². The number of carbonyl (C=O) groups is 3. The van der Waals surface area contributed by atoms with Crippen LogP contribution in [-0.2, 0) is 33.8 Å². The van der Waals surface area contributed by atoms with Crippen LogP contribution in [-0.4, -0.2) is 79.6 Å². The number of aryl methyl sites for hydroxylation is 2. The van der Waals surface area contributed by atoms with Crippen LogP contribution in [0.2, 0.25) is 0 Å². The summed E-state index contributed by atoms with van der Waals surface area (Å²) in [6.45, 7) is 6.77. The van der Waals surface area contributed by atoms with E-state index >= 15 is 0 Å². The van der Waals surface area contributed by atoms with Crippen molar-refractivity contribution in [2.24, 2.45) is 0 Å². The summed E-state index contributed by atoms with van der Waals surface area (Å²) in [6, 6.07) is 23.1. The summed E-state index contributed by atoms with van der Waals surface area (Å²) >= 11 is 0. The summed E-state index contributed by atoms with van der Waals surface area (Å²) in [5.41, 5.74) is 4.93. The highest BCUT2D eigenvalue weighted by atomic mass is 16.2. The van der Waals surface area contributed by atoms with Gasteiger partial charge in [-0.05, 0) is 30.0 Å². The van der Waals surface area contributed by atoms with Gasteiger partial charge in [0.15, 0.2) is 0 Å². The van der Waals surface area contributed by atoms with Gasteiger partial charge in [-0.3, -0.25) is 19.5 Å². The summed E-state index contributed by atoms with van der Waals surface area (Å²) in [5.74, 6) is -0.385. The first-order valence-corrected chi connectivity index (χ1v) is 14.7. The molecule has 3 heterocycles. The molecule has 0 aliphatic carbocycles. The second kappa shape index (κ2) is 12.2. The van der Waals surface area contributed by atoms with Crippen molar-refractivity contribution in [3.05, 3.63) is 114 Å². The number of nitrogens with zero attached hydrogens (tertiary/aromatic N) is 5. The Hall–Kier alpha value is -4.76. The van der Waals surface area contributed by atoms with Gasteiger partial charge >= 0.3 is 0 Å². The van der Waals surface area contributed by atoms with Crippen LogP contribution in [0.4, 0.5) is 0 Å². The van der Waals surface area contributed by atoms with Gasteiger partial charge in [0.1, 0.15) is 12.2 Å². The number of nitrogens with one attached hydrogen (secondary N) is 1. The number of amides is 3. The highest BCUT2D eigenvalue weighted by Gasteiger charge is 2.51. The zero-order valence-electron chi connectivity index (χ0n) is 24.4. The maximum Gasteiger partial charge on any atom is 0.246 e. The van der Waals surface area contributed by atoms with Crippen molar-refractivity contribution in [2.45, 2.75) is 44.9 Å². The molecule has 3 amide bonds. The number of hydrogen-bond acceptors (Lipinski definition) is 5. The van der Waals surface area contributed by atoms with Crippen LogP contribution in [0, 0.1) is 6.92 Å². The molecule has 0 bridgehead atoms. The zero-order chi connectivity index (χ0) is 29.9. The Morgan fingerprint density at radius 1 is 1.05 bits per heavy atom. The third-order valence-electron chi connectivity index (χ3n) is 8.33. The fourth-order valence-electron chi connectivity index (χ4n) is 6.34. The smallest absolute Gasteiger partial charge is 0.246 e. The molecule has 9 heteroatoms. The minimum Gasteiger partial charge on any atom is -0.332 e. The van der Waals surface area contributed by atoms with Crippen LogP contribution in [0.3, 0.4) is 0 Å². The highest BCUT2D eigenvalue weighted by Crippen LogP contribution is 2.30. The molecular formula is C34H36N6O3. The molecule has 3 aromatic carbocycles. The van der Waals surface area contributed by atoms with Crippen LogP contribution >= 0.6 is 0 Å². The number of aromatic amines is 1. The van der Waals surface area contributed by atoms with Crippen molar-refractivity contribution in [1.82, 2.24) is 30.0 Å². The van der Waals surface area contributed by atoms with Gasteiger partial charge in [-0.15, -0.1) is 6.58 Å². The molecule has 2 saturated heterocycles. The fourth-order valence-corrected chi connectivity index (χ4v) is 6.34. The lowest BCUT2D eigenvalue weighted by molar-refractivity contribution is -0.205. The predicted molar refractivity (Wildman–Crippen MR) is 164 cm³/mol. The number of benzene rings is 3. The van der Waals surface area contributed by atoms with Crippen molar-refractivity contribution in [1.29, 1.82) is 0 Å². The van der Waals surface area contributed by atoms with E-state index in [0.29, 0.717) is 25.9 Å². The number of fused-ring (bicyclic) bond motifs is 2. The number of rotatable bonds is 9. The lowest BCUT2D eigenvalue weighted by atomic mass is 9.97. The lowest BCUT2D eigenvalue weighted by Gasteiger charge is -2.55. The molecule has 4 aromatic rings. The maximum atomic E-state index is 14.3. The number of piperazine rings is 1. The molecule has 0 saturated carbocycles. The topological polar surface area (TPSA) is 92.8 Å². The molecule has 1 N–H and O–H groups in total. The van der Waals surface area contributed by atoms with E-state index in [0.717, 1.165) is 33.2 Å². The summed E-state index contributed by atoms with van der Waals surface area (Å²) in [6.07, 6.45) is 4.05. The summed E-state index contributed by atoms with van der Waals surface area (Å²) in [4.78, 5) is 45.5. The fraction of sp³-hybridized carbons (Fsp3) is 0.294. The molecule has 9 nitrogen and oxygen atoms in total. The average molecular weight is 577 g/mol. The van der Waals surface area contributed by atoms with E-state index in [9.17, 15) is 14.4 Å². The second-order valence-electron chi connectivity index (χ2n) is 11.3. The first-order chi connectivity index (χ1) is 20.9. The molecule has 220 valence electrons. The van der Waals surface area contributed by atoms with E-state index < -0.39 is 12.2 Å². The largest absolute Gasteiger partial charge is 0.332 e. The third-order valence-corrected chi connectivity index (χ3v) is 8.33. The number of hydrazine groups is 1. The van der Waals surface area contributed by atoms with Crippen LogP contribution in [0.15, 0.2) is 91.6 Å². The quantitative estimate of drug-likeness (QED) is 0.306. The van der Waals surface area contributed by atoms with Gasteiger partial charge in [-0.2, -0.15) is 5.10 Å². The number of hydrogen-bond donors (Lipinski definition) is 1. The SMILES string of the molecule is C=CCN1CC(=O)N2[C@@H](Cc3cccc(C)c3)C(=O)N(Cc3cccc4cn[nH]c34)C[C@@H]2N1C(=O)CCc1ccccc1. The molecule has 2 atom stereocenters. The molecule has 43 heavy (non-hydrogen) atoms. The number of carbonyl (C=O) groups excluding carboxylic acids is 3. The molecule has 2 fully saturated rings.